The summed E-state index contributed by atoms with van der Waals surface area (Å²) >= 11 is 3.30. The fourth-order valence-corrected chi connectivity index (χ4v) is 4.52. The van der Waals surface area contributed by atoms with E-state index in [2.05, 4.69) is 31.8 Å². The Bertz CT molecular complexity index is 1350. The van der Waals surface area contributed by atoms with Gasteiger partial charge in [-0.1, -0.05) is 52.3 Å². The van der Waals surface area contributed by atoms with E-state index in [1.165, 1.54) is 6.21 Å². The Morgan fingerprint density at radius 1 is 1.03 bits per heavy atom. The van der Waals surface area contributed by atoms with Crippen molar-refractivity contribution in [1.82, 2.24) is 10.7 Å². The van der Waals surface area contributed by atoms with Crippen molar-refractivity contribution in [1.29, 1.82) is 0 Å². The highest BCUT2D eigenvalue weighted by atomic mass is 79.9. The van der Waals surface area contributed by atoms with E-state index in [0.29, 0.717) is 21.5 Å². The predicted molar refractivity (Wildman–Crippen MR) is 147 cm³/mol. The quantitative estimate of drug-likeness (QED) is 0.263. The zero-order valence-electron chi connectivity index (χ0n) is 20.3. The maximum Gasteiger partial charge on any atom is 0.260 e. The number of carbonyl (C=O) groups excluding carboxylic acids is 2. The molecule has 0 unspecified atom stereocenters. The number of amides is 2. The van der Waals surface area contributed by atoms with Crippen molar-refractivity contribution in [3.8, 4) is 5.75 Å². The number of hydrogen-bond acceptors (Lipinski definition) is 6. The van der Waals surface area contributed by atoms with E-state index < -0.39 is 22.5 Å². The number of nitrogens with zero attached hydrogens (tertiary/aromatic N) is 2. The van der Waals surface area contributed by atoms with Gasteiger partial charge in [0.15, 0.2) is 6.61 Å². The molecule has 3 rings (SSSR count). The number of anilines is 1. The van der Waals surface area contributed by atoms with E-state index in [1.54, 1.807) is 48.5 Å². The molecule has 9 nitrogen and oxygen atoms in total. The van der Waals surface area contributed by atoms with Crippen LogP contribution in [0.15, 0.2) is 88.4 Å². The molecule has 0 spiro atoms. The SMILES string of the molecule is C[C@@H](NC(=O)COc1ccc(/C=N\NC(=O)CN(c2cccc(Br)c2)S(C)(=O)=O)cc1)c1ccccc1. The van der Waals surface area contributed by atoms with E-state index in [4.69, 9.17) is 4.74 Å². The fraction of sp³-hybridized carbons (Fsp3) is 0.192. The summed E-state index contributed by atoms with van der Waals surface area (Å²) in [5, 5.41) is 6.78. The number of rotatable bonds is 11. The van der Waals surface area contributed by atoms with Gasteiger partial charge < -0.3 is 10.1 Å². The lowest BCUT2D eigenvalue weighted by atomic mass is 10.1. The maximum absolute atomic E-state index is 12.3. The van der Waals surface area contributed by atoms with Gasteiger partial charge in [0.05, 0.1) is 24.2 Å². The lowest BCUT2D eigenvalue weighted by Gasteiger charge is -2.21. The van der Waals surface area contributed by atoms with Gasteiger partial charge in [-0.05, 0) is 60.5 Å². The average Bonchev–Trinajstić information content (AvgIpc) is 2.86. The van der Waals surface area contributed by atoms with Gasteiger partial charge in [-0.3, -0.25) is 13.9 Å². The average molecular weight is 587 g/mol. The van der Waals surface area contributed by atoms with E-state index >= 15 is 0 Å². The Morgan fingerprint density at radius 2 is 1.73 bits per heavy atom. The molecule has 37 heavy (non-hydrogen) atoms. The predicted octanol–water partition coefficient (Wildman–Crippen LogP) is 3.62. The number of nitrogens with one attached hydrogen (secondary N) is 2. The molecule has 0 fully saturated rings. The Kier molecular flexibility index (Phi) is 9.81. The largest absolute Gasteiger partial charge is 0.484 e. The summed E-state index contributed by atoms with van der Waals surface area (Å²) in [5.41, 5.74) is 4.36. The summed E-state index contributed by atoms with van der Waals surface area (Å²) in [5.74, 6) is -0.338. The normalized spacial score (nSPS) is 12.1. The first-order chi connectivity index (χ1) is 17.6. The molecular formula is C26H27BrN4O5S. The monoisotopic (exact) mass is 586 g/mol. The van der Waals surface area contributed by atoms with Crippen LogP contribution in [0.5, 0.6) is 5.75 Å². The van der Waals surface area contributed by atoms with E-state index in [9.17, 15) is 18.0 Å². The van der Waals surface area contributed by atoms with Crippen LogP contribution in [0.3, 0.4) is 0 Å². The van der Waals surface area contributed by atoms with Crippen LogP contribution in [0.2, 0.25) is 0 Å². The minimum absolute atomic E-state index is 0.129. The third-order valence-electron chi connectivity index (χ3n) is 5.11. The van der Waals surface area contributed by atoms with E-state index in [1.807, 2.05) is 37.3 Å². The Hall–Kier alpha value is -3.70. The maximum atomic E-state index is 12.3. The lowest BCUT2D eigenvalue weighted by Crippen LogP contribution is -2.39. The first-order valence-electron chi connectivity index (χ1n) is 11.2. The highest BCUT2D eigenvalue weighted by Crippen LogP contribution is 2.22. The van der Waals surface area contributed by atoms with Gasteiger partial charge in [0.2, 0.25) is 10.0 Å². The number of halogens is 1. The van der Waals surface area contributed by atoms with Crippen molar-refractivity contribution in [3.63, 3.8) is 0 Å². The van der Waals surface area contributed by atoms with Crippen LogP contribution in [0.25, 0.3) is 0 Å². The first-order valence-corrected chi connectivity index (χ1v) is 13.9. The molecule has 1 atom stereocenters. The highest BCUT2D eigenvalue weighted by molar-refractivity contribution is 9.10. The van der Waals surface area contributed by atoms with Gasteiger partial charge in [-0.25, -0.2) is 13.8 Å². The molecule has 0 aliphatic rings. The van der Waals surface area contributed by atoms with Gasteiger partial charge in [-0.2, -0.15) is 5.10 Å². The van der Waals surface area contributed by atoms with Crippen LogP contribution in [0.4, 0.5) is 5.69 Å². The van der Waals surface area contributed by atoms with Gasteiger partial charge in [0.25, 0.3) is 11.8 Å². The van der Waals surface area contributed by atoms with Crippen molar-refractivity contribution >= 4 is 49.7 Å². The number of benzene rings is 3. The van der Waals surface area contributed by atoms with Crippen LogP contribution >= 0.6 is 15.9 Å². The number of hydrogen-bond donors (Lipinski definition) is 2. The standard InChI is InChI=1S/C26H27BrN4O5S/c1-19(21-7-4-3-5-8-21)29-26(33)18-36-24-13-11-20(12-14-24)16-28-30-25(32)17-31(37(2,34)35)23-10-6-9-22(27)15-23/h3-16,19H,17-18H2,1-2H3,(H,29,33)(H,30,32)/b28-16-/t19-/m1/s1. The summed E-state index contributed by atoms with van der Waals surface area (Å²) < 4.78 is 31.6. The zero-order valence-corrected chi connectivity index (χ0v) is 22.7. The van der Waals surface area contributed by atoms with Crippen LogP contribution in [-0.4, -0.2) is 45.9 Å². The smallest absolute Gasteiger partial charge is 0.260 e. The molecule has 0 heterocycles. The second-order valence-electron chi connectivity index (χ2n) is 8.10. The fourth-order valence-electron chi connectivity index (χ4n) is 3.28. The molecule has 0 aromatic heterocycles. The number of carbonyl (C=O) groups is 2. The number of ether oxygens (including phenoxy) is 1. The molecule has 0 bridgehead atoms. The van der Waals surface area contributed by atoms with Crippen molar-refractivity contribution in [2.24, 2.45) is 5.10 Å². The molecule has 0 radical (unpaired) electrons. The molecule has 3 aromatic carbocycles. The van der Waals surface area contributed by atoms with Gasteiger partial charge in [-0.15, -0.1) is 0 Å². The minimum atomic E-state index is -3.69. The summed E-state index contributed by atoms with van der Waals surface area (Å²) in [7, 11) is -3.69. The van der Waals surface area contributed by atoms with Crippen molar-refractivity contribution in [2.45, 2.75) is 13.0 Å². The molecule has 0 aliphatic heterocycles. The summed E-state index contributed by atoms with van der Waals surface area (Å²) in [4.78, 5) is 24.5. The second kappa shape index (κ2) is 13.0. The van der Waals surface area contributed by atoms with E-state index in [0.717, 1.165) is 16.1 Å². The summed E-state index contributed by atoms with van der Waals surface area (Å²) in [6.07, 6.45) is 2.45. The Balaban J connectivity index is 1.48. The molecule has 11 heteroatoms. The zero-order chi connectivity index (χ0) is 26.8. The highest BCUT2D eigenvalue weighted by Gasteiger charge is 2.20. The van der Waals surface area contributed by atoms with Crippen LogP contribution < -0.4 is 19.8 Å². The summed E-state index contributed by atoms with van der Waals surface area (Å²) in [6, 6.07) is 22.9. The van der Waals surface area contributed by atoms with Gasteiger partial charge in [0.1, 0.15) is 12.3 Å². The Morgan fingerprint density at radius 3 is 2.38 bits per heavy atom. The van der Waals surface area contributed by atoms with Crippen molar-refractivity contribution < 1.29 is 22.7 Å². The molecule has 2 amide bonds. The summed E-state index contributed by atoms with van der Waals surface area (Å²) in [6.45, 7) is 1.35. The number of sulfonamides is 1. The Labute approximate surface area is 224 Å². The van der Waals surface area contributed by atoms with Crippen molar-refractivity contribution in [3.05, 3.63) is 94.5 Å². The van der Waals surface area contributed by atoms with E-state index in [-0.39, 0.29) is 18.6 Å². The molecule has 2 N–H and O–H groups in total. The van der Waals surface area contributed by atoms with Crippen LogP contribution in [-0.2, 0) is 19.6 Å². The molecule has 0 aliphatic carbocycles. The molecule has 194 valence electrons. The van der Waals surface area contributed by atoms with Gasteiger partial charge in [0, 0.05) is 4.47 Å². The third-order valence-corrected chi connectivity index (χ3v) is 6.75. The van der Waals surface area contributed by atoms with Crippen LogP contribution in [0.1, 0.15) is 24.1 Å². The topological polar surface area (TPSA) is 117 Å². The molecule has 3 aromatic rings. The molecular weight excluding hydrogens is 560 g/mol. The van der Waals surface area contributed by atoms with Crippen LogP contribution in [0, 0.1) is 0 Å². The lowest BCUT2D eigenvalue weighted by molar-refractivity contribution is -0.123. The van der Waals surface area contributed by atoms with Crippen molar-refractivity contribution in [2.75, 3.05) is 23.7 Å². The minimum Gasteiger partial charge on any atom is -0.484 e. The number of hydrazone groups is 1. The molecule has 0 saturated heterocycles. The molecule has 0 saturated carbocycles. The van der Waals surface area contributed by atoms with Gasteiger partial charge >= 0.3 is 0 Å². The third kappa shape index (κ3) is 9.03. The first kappa shape index (κ1) is 27.9. The second-order valence-corrected chi connectivity index (χ2v) is 10.9.